The van der Waals surface area contributed by atoms with Gasteiger partial charge in [0.05, 0.1) is 23.7 Å². The highest BCUT2D eigenvalue weighted by atomic mass is 32.2. The number of carbonyl (C=O) groups is 1. The summed E-state index contributed by atoms with van der Waals surface area (Å²) in [5.74, 6) is 0.457. The van der Waals surface area contributed by atoms with Gasteiger partial charge in [-0.1, -0.05) is 32.0 Å². The molecule has 2 aliphatic heterocycles. The zero-order valence-electron chi connectivity index (χ0n) is 22.5. The molecule has 2 heterocycles. The second-order valence-electron chi connectivity index (χ2n) is 10.3. The van der Waals surface area contributed by atoms with Crippen LogP contribution in [-0.2, 0) is 9.53 Å². The number of aryl methyl sites for hydroxylation is 1. The predicted octanol–water partition coefficient (Wildman–Crippen LogP) is 7.14. The van der Waals surface area contributed by atoms with Crippen molar-refractivity contribution in [3.05, 3.63) is 64.1 Å². The minimum atomic E-state index is -0.00621. The number of rotatable bonds is 8. The van der Waals surface area contributed by atoms with Crippen LogP contribution < -0.4 is 4.90 Å². The molecule has 0 N–H and O–H groups in total. The van der Waals surface area contributed by atoms with Crippen molar-refractivity contribution in [3.8, 4) is 0 Å². The first-order valence-corrected chi connectivity index (χ1v) is 13.9. The van der Waals surface area contributed by atoms with Crippen LogP contribution in [0.25, 0.3) is 6.08 Å². The van der Waals surface area contributed by atoms with Crippen molar-refractivity contribution in [2.45, 2.75) is 65.8 Å². The van der Waals surface area contributed by atoms with Crippen LogP contribution in [0.2, 0.25) is 0 Å². The predicted molar refractivity (Wildman–Crippen MR) is 153 cm³/mol. The largest absolute Gasteiger partial charge is 0.380 e. The quantitative estimate of drug-likeness (QED) is 0.283. The number of hydrogen-bond donors (Lipinski definition) is 0. The number of para-hydroxylation sites is 1. The van der Waals surface area contributed by atoms with Crippen molar-refractivity contribution in [1.29, 1.82) is 0 Å². The normalized spacial score (nSPS) is 21.5. The molecule has 5 nitrogen and oxygen atoms in total. The van der Waals surface area contributed by atoms with Gasteiger partial charge in [0.1, 0.15) is 0 Å². The number of thioether (sulfide) groups is 1. The summed E-state index contributed by atoms with van der Waals surface area (Å²) in [6.07, 6.45) is 4.29. The van der Waals surface area contributed by atoms with Crippen LogP contribution in [0.15, 0.2) is 52.4 Å². The molecule has 1 fully saturated rings. The molecule has 0 radical (unpaired) electrons. The molecular weight excluding hydrogens is 466 g/mol. The van der Waals surface area contributed by atoms with Gasteiger partial charge in [0, 0.05) is 24.4 Å². The Bertz CT molecular complexity index is 1160. The summed E-state index contributed by atoms with van der Waals surface area (Å²) in [5, 5.41) is 0.706. The standard InChI is InChI=1S/C30H39N3O2S/c1-7-14-33-26-17-21(3)23(18-25(26)22(4)20-30(33,5)6)19-27-28(34)32(15-16-35-8-2)29(36-27)31-24-12-10-9-11-13-24/h9-13,17-19,22H,7-8,14-16,20H2,1-6H3/b27-19+,31-29?. The van der Waals surface area contributed by atoms with Crippen LogP contribution in [0.3, 0.4) is 0 Å². The van der Waals surface area contributed by atoms with Crippen molar-refractivity contribution in [2.75, 3.05) is 31.2 Å². The average Bonchev–Trinajstić information content (AvgIpc) is 3.12. The van der Waals surface area contributed by atoms with Crippen LogP contribution in [0.4, 0.5) is 11.4 Å². The van der Waals surface area contributed by atoms with Crippen molar-refractivity contribution < 1.29 is 9.53 Å². The average molecular weight is 506 g/mol. The van der Waals surface area contributed by atoms with E-state index in [0.29, 0.717) is 35.7 Å². The number of amides is 1. The fraction of sp³-hybridized carbons (Fsp3) is 0.467. The maximum absolute atomic E-state index is 13.5. The maximum Gasteiger partial charge on any atom is 0.266 e. The highest BCUT2D eigenvalue weighted by molar-refractivity contribution is 8.18. The second kappa shape index (κ2) is 11.2. The first-order chi connectivity index (χ1) is 17.2. The summed E-state index contributed by atoms with van der Waals surface area (Å²) >= 11 is 1.45. The molecule has 2 aromatic rings. The minimum absolute atomic E-state index is 0.00621. The Hall–Kier alpha value is -2.57. The number of nitrogens with zero attached hydrogens (tertiary/aromatic N) is 3. The number of amidine groups is 1. The summed E-state index contributed by atoms with van der Waals surface area (Å²) in [4.78, 5) is 23.3. The third-order valence-electron chi connectivity index (χ3n) is 7.04. The highest BCUT2D eigenvalue weighted by Gasteiger charge is 2.37. The number of carbonyl (C=O) groups excluding carboxylic acids is 1. The molecule has 2 aromatic carbocycles. The van der Waals surface area contributed by atoms with Gasteiger partial charge in [0.2, 0.25) is 0 Å². The lowest BCUT2D eigenvalue weighted by atomic mass is 9.79. The fourth-order valence-electron chi connectivity index (χ4n) is 5.30. The van der Waals surface area contributed by atoms with Crippen LogP contribution in [0.5, 0.6) is 0 Å². The van der Waals surface area contributed by atoms with Crippen molar-refractivity contribution >= 4 is 40.3 Å². The van der Waals surface area contributed by atoms with E-state index in [1.54, 1.807) is 4.90 Å². The Morgan fingerprint density at radius 1 is 1.17 bits per heavy atom. The lowest BCUT2D eigenvalue weighted by molar-refractivity contribution is -0.122. The van der Waals surface area contributed by atoms with E-state index in [4.69, 9.17) is 9.73 Å². The van der Waals surface area contributed by atoms with Gasteiger partial charge in [-0.05, 0) is 105 Å². The zero-order valence-corrected chi connectivity index (χ0v) is 23.3. The Morgan fingerprint density at radius 3 is 2.61 bits per heavy atom. The van der Waals surface area contributed by atoms with Gasteiger partial charge in [0.25, 0.3) is 5.91 Å². The van der Waals surface area contributed by atoms with E-state index in [0.717, 1.165) is 30.6 Å². The lowest BCUT2D eigenvalue weighted by Gasteiger charge is -2.48. The molecule has 192 valence electrons. The van der Waals surface area contributed by atoms with Crippen LogP contribution in [-0.4, -0.2) is 47.8 Å². The van der Waals surface area contributed by atoms with E-state index in [9.17, 15) is 4.79 Å². The molecule has 0 bridgehead atoms. The molecule has 0 saturated carbocycles. The first-order valence-electron chi connectivity index (χ1n) is 13.1. The highest BCUT2D eigenvalue weighted by Crippen LogP contribution is 2.45. The number of aliphatic imine (C=N–C) groups is 1. The molecule has 0 aliphatic carbocycles. The summed E-state index contributed by atoms with van der Waals surface area (Å²) < 4.78 is 5.55. The molecule has 1 unspecified atom stereocenters. The van der Waals surface area contributed by atoms with Gasteiger partial charge in [-0.2, -0.15) is 0 Å². The molecule has 6 heteroatoms. The van der Waals surface area contributed by atoms with E-state index < -0.39 is 0 Å². The van der Waals surface area contributed by atoms with Gasteiger partial charge in [-0.15, -0.1) is 0 Å². The molecule has 0 spiro atoms. The number of benzene rings is 2. The molecule has 36 heavy (non-hydrogen) atoms. The number of anilines is 1. The Kier molecular flexibility index (Phi) is 8.26. The fourth-order valence-corrected chi connectivity index (χ4v) is 6.31. The topological polar surface area (TPSA) is 45.1 Å². The van der Waals surface area contributed by atoms with Crippen LogP contribution >= 0.6 is 11.8 Å². The monoisotopic (exact) mass is 505 g/mol. The number of ether oxygens (including phenoxy) is 1. The van der Waals surface area contributed by atoms with E-state index in [1.807, 2.05) is 37.3 Å². The van der Waals surface area contributed by atoms with Crippen molar-refractivity contribution in [2.24, 2.45) is 4.99 Å². The van der Waals surface area contributed by atoms with Gasteiger partial charge in [0.15, 0.2) is 5.17 Å². The van der Waals surface area contributed by atoms with Gasteiger partial charge < -0.3 is 9.64 Å². The SMILES string of the molecule is CCCN1c2cc(C)c(/C=C3/SC(=Nc4ccccc4)N(CCOCC)C3=O)cc2C(C)CC1(C)C. The van der Waals surface area contributed by atoms with Gasteiger partial charge in [-0.3, -0.25) is 9.69 Å². The van der Waals surface area contributed by atoms with Crippen molar-refractivity contribution in [1.82, 2.24) is 4.90 Å². The van der Waals surface area contributed by atoms with Crippen LogP contribution in [0.1, 0.15) is 70.1 Å². The third-order valence-corrected chi connectivity index (χ3v) is 8.05. The molecule has 0 aromatic heterocycles. The molecule has 4 rings (SSSR count). The summed E-state index contributed by atoms with van der Waals surface area (Å²) in [6.45, 7) is 16.0. The van der Waals surface area contributed by atoms with Gasteiger partial charge in [-0.25, -0.2) is 4.99 Å². The lowest BCUT2D eigenvalue weighted by Crippen LogP contribution is -2.48. The Balaban J connectivity index is 1.70. The zero-order chi connectivity index (χ0) is 25.9. The smallest absolute Gasteiger partial charge is 0.266 e. The second-order valence-corrected chi connectivity index (χ2v) is 11.3. The summed E-state index contributed by atoms with van der Waals surface area (Å²) in [6, 6.07) is 14.4. The Morgan fingerprint density at radius 2 is 1.92 bits per heavy atom. The van der Waals surface area contributed by atoms with E-state index in [-0.39, 0.29) is 11.4 Å². The van der Waals surface area contributed by atoms with E-state index in [2.05, 4.69) is 57.7 Å². The molecule has 1 saturated heterocycles. The maximum atomic E-state index is 13.5. The molecule has 2 aliphatic rings. The third kappa shape index (κ3) is 5.55. The van der Waals surface area contributed by atoms with Crippen LogP contribution in [0, 0.1) is 6.92 Å². The Labute approximate surface area is 220 Å². The molecule has 1 atom stereocenters. The summed E-state index contributed by atoms with van der Waals surface area (Å²) in [7, 11) is 0. The van der Waals surface area contributed by atoms with E-state index in [1.165, 1.54) is 28.6 Å². The first kappa shape index (κ1) is 26.5. The number of hydrogen-bond acceptors (Lipinski definition) is 5. The summed E-state index contributed by atoms with van der Waals surface area (Å²) in [5.41, 5.74) is 5.99. The molecular formula is C30H39N3O2S. The molecule has 1 amide bonds. The van der Waals surface area contributed by atoms with E-state index >= 15 is 0 Å². The number of fused-ring (bicyclic) bond motifs is 1. The van der Waals surface area contributed by atoms with Crippen molar-refractivity contribution in [3.63, 3.8) is 0 Å². The van der Waals surface area contributed by atoms with Gasteiger partial charge >= 0.3 is 0 Å². The minimum Gasteiger partial charge on any atom is -0.380 e.